The van der Waals surface area contributed by atoms with Crippen LogP contribution < -0.4 is 11.1 Å². The summed E-state index contributed by atoms with van der Waals surface area (Å²) in [6.07, 6.45) is 1.64. The minimum Gasteiger partial charge on any atom is -0.465 e. The molecule has 0 radical (unpaired) electrons. The molecule has 1 aromatic rings. The third-order valence-corrected chi connectivity index (χ3v) is 2.85. The van der Waals surface area contributed by atoms with Crippen LogP contribution in [-0.4, -0.2) is 40.2 Å². The zero-order chi connectivity index (χ0) is 12.4. The molecule has 1 aromatic heterocycles. The number of hydrogen-bond donors (Lipinski definition) is 3. The van der Waals surface area contributed by atoms with Crippen LogP contribution in [-0.2, 0) is 0 Å². The van der Waals surface area contributed by atoms with E-state index in [1.54, 1.807) is 6.20 Å². The zero-order valence-corrected chi connectivity index (χ0v) is 9.68. The van der Waals surface area contributed by atoms with Crippen molar-refractivity contribution < 1.29 is 9.90 Å². The molecule has 0 unspecified atom stereocenters. The molecule has 6 nitrogen and oxygen atoms in total. The van der Waals surface area contributed by atoms with Gasteiger partial charge in [-0.25, -0.2) is 9.78 Å². The summed E-state index contributed by atoms with van der Waals surface area (Å²) in [5.41, 5.74) is 7.44. The fourth-order valence-corrected chi connectivity index (χ4v) is 1.96. The van der Waals surface area contributed by atoms with Crippen LogP contribution in [0.3, 0.4) is 0 Å². The molecule has 0 bridgehead atoms. The Morgan fingerprint density at radius 3 is 3.06 bits per heavy atom. The molecular weight excluding hydrogens is 220 g/mol. The van der Waals surface area contributed by atoms with E-state index in [0.29, 0.717) is 24.6 Å². The topological polar surface area (TPSA) is 91.5 Å². The van der Waals surface area contributed by atoms with Gasteiger partial charge in [0.2, 0.25) is 0 Å². The molecule has 0 spiro atoms. The number of anilines is 2. The van der Waals surface area contributed by atoms with Crippen molar-refractivity contribution >= 4 is 17.6 Å². The van der Waals surface area contributed by atoms with Gasteiger partial charge in [-0.3, -0.25) is 0 Å². The van der Waals surface area contributed by atoms with Gasteiger partial charge in [-0.2, -0.15) is 0 Å². The van der Waals surface area contributed by atoms with Gasteiger partial charge in [0.15, 0.2) is 0 Å². The highest BCUT2D eigenvalue weighted by molar-refractivity contribution is 5.66. The minimum atomic E-state index is -0.876. The SMILES string of the molecule is Cc1cnc(N[C@H]2CCN(C(=O)O)C2)c(N)c1. The first kappa shape index (κ1) is 11.5. The van der Waals surface area contributed by atoms with Gasteiger partial charge < -0.3 is 21.1 Å². The maximum Gasteiger partial charge on any atom is 0.407 e. The summed E-state index contributed by atoms with van der Waals surface area (Å²) in [5, 5.41) is 12.0. The van der Waals surface area contributed by atoms with Crippen molar-refractivity contribution in [1.82, 2.24) is 9.88 Å². The normalized spacial score (nSPS) is 19.4. The molecule has 6 heteroatoms. The third kappa shape index (κ3) is 2.58. The summed E-state index contributed by atoms with van der Waals surface area (Å²) in [4.78, 5) is 16.4. The average molecular weight is 236 g/mol. The Morgan fingerprint density at radius 1 is 1.71 bits per heavy atom. The first-order chi connectivity index (χ1) is 8.06. The number of carboxylic acid groups (broad SMARTS) is 1. The van der Waals surface area contributed by atoms with Gasteiger partial charge in [-0.15, -0.1) is 0 Å². The molecule has 4 N–H and O–H groups in total. The number of carbonyl (C=O) groups is 1. The van der Waals surface area contributed by atoms with E-state index in [2.05, 4.69) is 10.3 Å². The highest BCUT2D eigenvalue weighted by Crippen LogP contribution is 2.20. The number of nitrogens with one attached hydrogen (secondary N) is 1. The summed E-state index contributed by atoms with van der Waals surface area (Å²) in [7, 11) is 0. The number of nitrogens with zero attached hydrogens (tertiary/aromatic N) is 2. The minimum absolute atomic E-state index is 0.0867. The largest absolute Gasteiger partial charge is 0.465 e. The number of nitrogen functional groups attached to an aromatic ring is 1. The molecule has 1 atom stereocenters. The molecule has 1 fully saturated rings. The predicted molar refractivity (Wildman–Crippen MR) is 65.0 cm³/mol. The van der Waals surface area contributed by atoms with Gasteiger partial charge in [0.1, 0.15) is 5.82 Å². The quantitative estimate of drug-likeness (QED) is 0.716. The van der Waals surface area contributed by atoms with E-state index in [1.165, 1.54) is 4.90 Å². The maximum atomic E-state index is 10.8. The van der Waals surface area contributed by atoms with Gasteiger partial charge >= 0.3 is 6.09 Å². The van der Waals surface area contributed by atoms with Crippen molar-refractivity contribution in [3.8, 4) is 0 Å². The smallest absolute Gasteiger partial charge is 0.407 e. The first-order valence-electron chi connectivity index (χ1n) is 5.53. The number of nitrogens with two attached hydrogens (primary N) is 1. The number of pyridine rings is 1. The summed E-state index contributed by atoms with van der Waals surface area (Å²) in [6, 6.07) is 1.93. The van der Waals surface area contributed by atoms with Crippen LogP contribution in [0.2, 0.25) is 0 Å². The highest BCUT2D eigenvalue weighted by atomic mass is 16.4. The van der Waals surface area contributed by atoms with Crippen LogP contribution >= 0.6 is 0 Å². The van der Waals surface area contributed by atoms with Gasteiger partial charge in [0.25, 0.3) is 0 Å². The van der Waals surface area contributed by atoms with E-state index < -0.39 is 6.09 Å². The van der Waals surface area contributed by atoms with E-state index in [9.17, 15) is 4.79 Å². The Hall–Kier alpha value is -1.98. The van der Waals surface area contributed by atoms with Gasteiger partial charge in [0.05, 0.1) is 5.69 Å². The standard InChI is InChI=1S/C11H16N4O2/c1-7-4-9(12)10(13-5-7)14-8-2-3-15(6-8)11(16)17/h4-5,8H,2-3,6,12H2,1H3,(H,13,14)(H,16,17)/t8-/m0/s1. The Kier molecular flexibility index (Phi) is 3.03. The number of amides is 1. The average Bonchev–Trinajstić information content (AvgIpc) is 2.71. The second kappa shape index (κ2) is 4.48. The molecular formula is C11H16N4O2. The third-order valence-electron chi connectivity index (χ3n) is 2.85. The molecule has 1 aliphatic heterocycles. The Labute approximate surface area is 99.4 Å². The lowest BCUT2D eigenvalue weighted by Crippen LogP contribution is -2.30. The van der Waals surface area contributed by atoms with Crippen LogP contribution in [0.5, 0.6) is 0 Å². The number of aryl methyl sites for hydroxylation is 1. The molecule has 0 aromatic carbocycles. The van der Waals surface area contributed by atoms with Gasteiger partial charge in [0, 0.05) is 25.3 Å². The van der Waals surface area contributed by atoms with Crippen LogP contribution in [0.4, 0.5) is 16.3 Å². The Morgan fingerprint density at radius 2 is 2.47 bits per heavy atom. The number of hydrogen-bond acceptors (Lipinski definition) is 4. The van der Waals surface area contributed by atoms with Crippen molar-refractivity contribution in [2.45, 2.75) is 19.4 Å². The van der Waals surface area contributed by atoms with Crippen molar-refractivity contribution in [2.75, 3.05) is 24.1 Å². The lowest BCUT2D eigenvalue weighted by Gasteiger charge is -2.15. The summed E-state index contributed by atoms with van der Waals surface area (Å²) in [6.45, 7) is 2.96. The number of aromatic nitrogens is 1. The molecule has 1 saturated heterocycles. The lowest BCUT2D eigenvalue weighted by molar-refractivity contribution is 0.155. The van der Waals surface area contributed by atoms with Crippen molar-refractivity contribution in [1.29, 1.82) is 0 Å². The van der Waals surface area contributed by atoms with Crippen LogP contribution in [0.25, 0.3) is 0 Å². The van der Waals surface area contributed by atoms with Gasteiger partial charge in [-0.05, 0) is 25.0 Å². The number of rotatable bonds is 2. The van der Waals surface area contributed by atoms with Crippen molar-refractivity contribution in [3.05, 3.63) is 17.8 Å². The maximum absolute atomic E-state index is 10.8. The van der Waals surface area contributed by atoms with E-state index in [0.717, 1.165) is 12.0 Å². The molecule has 1 amide bonds. The second-order valence-corrected chi connectivity index (χ2v) is 4.31. The molecule has 1 aliphatic rings. The Bertz CT molecular complexity index is 435. The molecule has 92 valence electrons. The molecule has 0 saturated carbocycles. The number of likely N-dealkylation sites (tertiary alicyclic amines) is 1. The molecule has 2 heterocycles. The van der Waals surface area contributed by atoms with Crippen LogP contribution in [0.15, 0.2) is 12.3 Å². The summed E-state index contributed by atoms with van der Waals surface area (Å²) in [5.74, 6) is 0.632. The first-order valence-corrected chi connectivity index (χ1v) is 5.53. The van der Waals surface area contributed by atoms with E-state index in [4.69, 9.17) is 10.8 Å². The Balaban J connectivity index is 2.00. The van der Waals surface area contributed by atoms with Crippen LogP contribution in [0, 0.1) is 6.92 Å². The van der Waals surface area contributed by atoms with Gasteiger partial charge in [-0.1, -0.05) is 0 Å². The van der Waals surface area contributed by atoms with Crippen molar-refractivity contribution in [2.24, 2.45) is 0 Å². The van der Waals surface area contributed by atoms with Crippen LogP contribution in [0.1, 0.15) is 12.0 Å². The lowest BCUT2D eigenvalue weighted by atomic mass is 10.2. The predicted octanol–water partition coefficient (Wildman–Crippen LogP) is 1.14. The fraction of sp³-hybridized carbons (Fsp3) is 0.455. The molecule has 0 aliphatic carbocycles. The summed E-state index contributed by atoms with van der Waals surface area (Å²) < 4.78 is 0. The zero-order valence-electron chi connectivity index (χ0n) is 9.68. The molecule has 17 heavy (non-hydrogen) atoms. The molecule has 2 rings (SSSR count). The van der Waals surface area contributed by atoms with E-state index >= 15 is 0 Å². The monoisotopic (exact) mass is 236 g/mol. The summed E-state index contributed by atoms with van der Waals surface area (Å²) >= 11 is 0. The van der Waals surface area contributed by atoms with E-state index in [1.807, 2.05) is 13.0 Å². The van der Waals surface area contributed by atoms with Crippen molar-refractivity contribution in [3.63, 3.8) is 0 Å². The second-order valence-electron chi connectivity index (χ2n) is 4.31. The highest BCUT2D eigenvalue weighted by Gasteiger charge is 2.26. The van der Waals surface area contributed by atoms with E-state index in [-0.39, 0.29) is 6.04 Å². The fourth-order valence-electron chi connectivity index (χ4n) is 1.96.